The van der Waals surface area contributed by atoms with Gasteiger partial charge in [-0.15, -0.1) is 0 Å². The second-order valence-electron chi connectivity index (χ2n) is 7.03. The zero-order chi connectivity index (χ0) is 16.4. The van der Waals surface area contributed by atoms with Gasteiger partial charge in [0, 0.05) is 18.5 Å². The molecule has 2 N–H and O–H groups in total. The number of rotatable bonds is 4. The second kappa shape index (κ2) is 6.72. The van der Waals surface area contributed by atoms with Crippen molar-refractivity contribution in [1.82, 2.24) is 4.90 Å². The van der Waals surface area contributed by atoms with Gasteiger partial charge in [-0.3, -0.25) is 4.79 Å². The first-order valence-electron chi connectivity index (χ1n) is 8.61. The Balaban J connectivity index is 1.64. The van der Waals surface area contributed by atoms with E-state index in [4.69, 9.17) is 5.73 Å². The Bertz CT molecular complexity index is 621. The van der Waals surface area contributed by atoms with Crippen molar-refractivity contribution in [2.24, 2.45) is 11.7 Å². The summed E-state index contributed by atoms with van der Waals surface area (Å²) in [7, 11) is 0. The van der Waals surface area contributed by atoms with E-state index < -0.39 is 0 Å². The van der Waals surface area contributed by atoms with E-state index in [0.717, 1.165) is 19.3 Å². The molecular weight excluding hydrogens is 286 g/mol. The van der Waals surface area contributed by atoms with Crippen molar-refractivity contribution >= 4 is 5.91 Å². The number of likely N-dealkylation sites (tertiary alicyclic amines) is 1. The van der Waals surface area contributed by atoms with Gasteiger partial charge in [-0.1, -0.05) is 30.7 Å². The molecule has 1 saturated heterocycles. The molecule has 2 fully saturated rings. The molecule has 0 bridgehead atoms. The third-order valence-electron chi connectivity index (χ3n) is 5.46. The number of hydrogen-bond acceptors (Lipinski definition) is 3. The molecular formula is C19H25N3O. The van der Waals surface area contributed by atoms with Crippen molar-refractivity contribution < 1.29 is 4.79 Å². The molecule has 0 aromatic heterocycles. The van der Waals surface area contributed by atoms with Gasteiger partial charge in [-0.2, -0.15) is 5.26 Å². The quantitative estimate of drug-likeness (QED) is 0.929. The third-order valence-corrected chi connectivity index (χ3v) is 5.46. The molecule has 1 aromatic rings. The average Bonchev–Trinajstić information content (AvgIpc) is 3.09. The molecule has 1 amide bonds. The van der Waals surface area contributed by atoms with Gasteiger partial charge >= 0.3 is 0 Å². The molecule has 1 saturated carbocycles. The van der Waals surface area contributed by atoms with Crippen molar-refractivity contribution in [3.8, 4) is 6.07 Å². The fourth-order valence-corrected chi connectivity index (χ4v) is 4.29. The summed E-state index contributed by atoms with van der Waals surface area (Å²) in [5, 5.41) is 9.37. The van der Waals surface area contributed by atoms with Crippen LogP contribution in [0.15, 0.2) is 24.3 Å². The van der Waals surface area contributed by atoms with E-state index in [1.807, 2.05) is 17.0 Å². The lowest BCUT2D eigenvalue weighted by Crippen LogP contribution is -2.43. The number of hydrogen-bond donors (Lipinski definition) is 1. The van der Waals surface area contributed by atoms with E-state index in [9.17, 15) is 10.1 Å². The maximum Gasteiger partial charge on any atom is 0.225 e. The lowest BCUT2D eigenvalue weighted by atomic mass is 9.99. The zero-order valence-corrected chi connectivity index (χ0v) is 13.7. The number of benzene rings is 1. The van der Waals surface area contributed by atoms with Gasteiger partial charge in [-0.25, -0.2) is 0 Å². The van der Waals surface area contributed by atoms with E-state index in [0.29, 0.717) is 18.8 Å². The largest absolute Gasteiger partial charge is 0.327 e. The Kier molecular flexibility index (Phi) is 4.68. The van der Waals surface area contributed by atoms with Crippen LogP contribution in [-0.2, 0) is 11.2 Å². The minimum Gasteiger partial charge on any atom is -0.327 e. The predicted octanol–water partition coefficient (Wildman–Crippen LogP) is 2.55. The monoisotopic (exact) mass is 311 g/mol. The van der Waals surface area contributed by atoms with Crippen LogP contribution in [-0.4, -0.2) is 28.9 Å². The van der Waals surface area contributed by atoms with Gasteiger partial charge in [0.2, 0.25) is 5.91 Å². The first-order valence-corrected chi connectivity index (χ1v) is 8.61. The summed E-state index contributed by atoms with van der Waals surface area (Å²) in [6.07, 6.45) is 5.25. The fourth-order valence-electron chi connectivity index (χ4n) is 4.29. The van der Waals surface area contributed by atoms with E-state index in [1.165, 1.54) is 17.5 Å². The zero-order valence-electron chi connectivity index (χ0n) is 13.7. The molecule has 1 aliphatic carbocycles. The van der Waals surface area contributed by atoms with Gasteiger partial charge in [0.1, 0.15) is 6.04 Å². The van der Waals surface area contributed by atoms with Crippen molar-refractivity contribution in [2.75, 3.05) is 0 Å². The highest BCUT2D eigenvalue weighted by atomic mass is 16.2. The molecule has 4 heteroatoms. The molecule has 0 spiro atoms. The first-order chi connectivity index (χ1) is 11.1. The van der Waals surface area contributed by atoms with E-state index in [-0.39, 0.29) is 24.0 Å². The van der Waals surface area contributed by atoms with Crippen LogP contribution in [0, 0.1) is 24.2 Å². The standard InChI is InChI=1S/C19H25N3O/c1-13-5-2-3-6-14(13)9-16(21)11-19(23)22-17(12-20)10-15-7-4-8-18(15)22/h2-3,5-6,15-18H,4,7-11,21H2,1H3/t15-,16+,17-,18-/m0/s1. The molecule has 23 heavy (non-hydrogen) atoms. The molecule has 4 nitrogen and oxygen atoms in total. The number of carbonyl (C=O) groups excluding carboxylic acids is 1. The van der Waals surface area contributed by atoms with Crippen LogP contribution >= 0.6 is 0 Å². The van der Waals surface area contributed by atoms with Crippen LogP contribution in [0.2, 0.25) is 0 Å². The number of nitrogens with zero attached hydrogens (tertiary/aromatic N) is 2. The fraction of sp³-hybridized carbons (Fsp3) is 0.579. The van der Waals surface area contributed by atoms with Gasteiger partial charge in [0.25, 0.3) is 0 Å². The highest BCUT2D eigenvalue weighted by molar-refractivity contribution is 5.78. The Labute approximate surface area is 138 Å². The SMILES string of the molecule is Cc1ccccc1C[C@@H](N)CC(=O)N1[C@H](C#N)C[C@@H]2CCC[C@@H]21. The number of nitriles is 1. The number of nitrogens with two attached hydrogens (primary N) is 1. The molecule has 122 valence electrons. The normalized spacial score (nSPS) is 27.5. The van der Waals surface area contributed by atoms with Crippen molar-refractivity contribution in [3.05, 3.63) is 35.4 Å². The Morgan fingerprint density at radius 2 is 2.22 bits per heavy atom. The Hall–Kier alpha value is -1.86. The third kappa shape index (κ3) is 3.25. The van der Waals surface area contributed by atoms with Crippen molar-refractivity contribution in [3.63, 3.8) is 0 Å². The van der Waals surface area contributed by atoms with Crippen LogP contribution in [0.5, 0.6) is 0 Å². The maximum atomic E-state index is 12.7. The molecule has 2 aliphatic rings. The van der Waals surface area contributed by atoms with Gasteiger partial charge in [0.05, 0.1) is 6.07 Å². The van der Waals surface area contributed by atoms with Crippen LogP contribution in [0.1, 0.15) is 43.2 Å². The van der Waals surface area contributed by atoms with E-state index >= 15 is 0 Å². The smallest absolute Gasteiger partial charge is 0.225 e. The minimum absolute atomic E-state index is 0.0621. The molecule has 0 radical (unpaired) electrons. The summed E-state index contributed by atoms with van der Waals surface area (Å²) in [6.45, 7) is 2.07. The van der Waals surface area contributed by atoms with Crippen LogP contribution in [0.3, 0.4) is 0 Å². The summed E-state index contributed by atoms with van der Waals surface area (Å²) in [6, 6.07) is 10.3. The molecule has 3 rings (SSSR count). The van der Waals surface area contributed by atoms with Gasteiger partial charge < -0.3 is 10.6 Å². The number of amides is 1. The second-order valence-corrected chi connectivity index (χ2v) is 7.03. The molecule has 4 atom stereocenters. The summed E-state index contributed by atoms with van der Waals surface area (Å²) in [4.78, 5) is 14.6. The van der Waals surface area contributed by atoms with Crippen LogP contribution in [0.25, 0.3) is 0 Å². The van der Waals surface area contributed by atoms with Gasteiger partial charge in [-0.05, 0) is 49.7 Å². The number of aryl methyl sites for hydroxylation is 1. The maximum absolute atomic E-state index is 12.7. The summed E-state index contributed by atoms with van der Waals surface area (Å²) in [5.74, 6) is 0.586. The highest BCUT2D eigenvalue weighted by Crippen LogP contribution is 2.41. The summed E-state index contributed by atoms with van der Waals surface area (Å²) >= 11 is 0. The van der Waals surface area contributed by atoms with Crippen LogP contribution in [0.4, 0.5) is 0 Å². The minimum atomic E-state index is -0.247. The van der Waals surface area contributed by atoms with Crippen molar-refractivity contribution in [2.45, 2.75) is 63.6 Å². The number of carbonyl (C=O) groups is 1. The lowest BCUT2D eigenvalue weighted by Gasteiger charge is -2.27. The topological polar surface area (TPSA) is 70.1 Å². The molecule has 1 aliphatic heterocycles. The summed E-state index contributed by atoms with van der Waals surface area (Å²) in [5.41, 5.74) is 8.65. The molecule has 1 aromatic carbocycles. The average molecular weight is 311 g/mol. The molecule has 0 unspecified atom stereocenters. The Morgan fingerprint density at radius 1 is 1.43 bits per heavy atom. The van der Waals surface area contributed by atoms with Crippen molar-refractivity contribution in [1.29, 1.82) is 5.26 Å². The number of fused-ring (bicyclic) bond motifs is 1. The lowest BCUT2D eigenvalue weighted by molar-refractivity contribution is -0.133. The Morgan fingerprint density at radius 3 is 2.96 bits per heavy atom. The predicted molar refractivity (Wildman–Crippen MR) is 89.5 cm³/mol. The molecule has 1 heterocycles. The van der Waals surface area contributed by atoms with E-state index in [1.54, 1.807) is 0 Å². The highest BCUT2D eigenvalue weighted by Gasteiger charge is 2.45. The first kappa shape index (κ1) is 16.0. The summed E-state index contributed by atoms with van der Waals surface area (Å²) < 4.78 is 0. The van der Waals surface area contributed by atoms with Crippen LogP contribution < -0.4 is 5.73 Å². The van der Waals surface area contributed by atoms with E-state index in [2.05, 4.69) is 25.1 Å². The van der Waals surface area contributed by atoms with Gasteiger partial charge in [0.15, 0.2) is 0 Å².